The molecule has 0 saturated heterocycles. The van der Waals surface area contributed by atoms with Gasteiger partial charge in [0.15, 0.2) is 0 Å². The van der Waals surface area contributed by atoms with E-state index in [4.69, 9.17) is 4.42 Å². The number of nitrogens with one attached hydrogen (secondary N) is 1. The molecule has 0 bridgehead atoms. The monoisotopic (exact) mass is 583 g/mol. The molecule has 2 atom stereocenters. The Balaban J connectivity index is 1.25. The first-order valence-corrected chi connectivity index (χ1v) is 16.0. The fraction of sp³-hybridized carbons (Fsp3) is 0.0769. The summed E-state index contributed by atoms with van der Waals surface area (Å²) in [6, 6.07) is 33.7. The number of allylic oxidation sites excluding steroid dienone is 2. The zero-order valence-electron chi connectivity index (χ0n) is 23.8. The van der Waals surface area contributed by atoms with E-state index in [1.807, 2.05) is 23.5 Å². The zero-order chi connectivity index (χ0) is 28.7. The third-order valence-corrected chi connectivity index (χ3v) is 11.2. The van der Waals surface area contributed by atoms with E-state index in [9.17, 15) is 0 Å². The van der Waals surface area contributed by atoms with Gasteiger partial charge in [-0.25, -0.2) is 0 Å². The van der Waals surface area contributed by atoms with Crippen molar-refractivity contribution in [2.24, 2.45) is 0 Å². The van der Waals surface area contributed by atoms with Crippen molar-refractivity contribution in [3.8, 4) is 11.1 Å². The summed E-state index contributed by atoms with van der Waals surface area (Å²) in [7, 11) is 2.25. The molecule has 5 heteroatoms. The summed E-state index contributed by atoms with van der Waals surface area (Å²) in [5, 5.41) is 12.9. The first-order valence-electron chi connectivity index (χ1n) is 15.2. The van der Waals surface area contributed by atoms with Crippen molar-refractivity contribution in [3.63, 3.8) is 0 Å². The Labute approximate surface area is 256 Å². The van der Waals surface area contributed by atoms with Gasteiger partial charge in [-0.05, 0) is 53.6 Å². The predicted molar refractivity (Wildman–Crippen MR) is 187 cm³/mol. The minimum Gasteiger partial charge on any atom is -0.456 e. The molecule has 0 fully saturated rings. The Morgan fingerprint density at radius 1 is 0.705 bits per heavy atom. The van der Waals surface area contributed by atoms with Gasteiger partial charge in [-0.3, -0.25) is 4.40 Å². The van der Waals surface area contributed by atoms with Crippen LogP contribution in [0.4, 0.5) is 11.5 Å². The van der Waals surface area contributed by atoms with Crippen LogP contribution in [0, 0.1) is 0 Å². The number of para-hydroxylation sites is 1. The van der Waals surface area contributed by atoms with E-state index in [1.54, 1.807) is 0 Å². The maximum absolute atomic E-state index is 6.28. The van der Waals surface area contributed by atoms with Crippen molar-refractivity contribution in [2.45, 2.75) is 12.1 Å². The molecular weight excluding hydrogens is 559 g/mol. The number of anilines is 2. The first kappa shape index (κ1) is 23.2. The highest BCUT2D eigenvalue weighted by Gasteiger charge is 2.36. The summed E-state index contributed by atoms with van der Waals surface area (Å²) in [5.74, 6) is 1.24. The van der Waals surface area contributed by atoms with E-state index < -0.39 is 0 Å². The lowest BCUT2D eigenvalue weighted by Crippen LogP contribution is -2.48. The van der Waals surface area contributed by atoms with Crippen molar-refractivity contribution >= 4 is 92.1 Å². The van der Waals surface area contributed by atoms with Gasteiger partial charge in [-0.2, -0.15) is 0 Å². The van der Waals surface area contributed by atoms with Gasteiger partial charge in [0, 0.05) is 54.2 Å². The molecule has 1 N–H and O–H groups in total. The molecule has 0 saturated carbocycles. The van der Waals surface area contributed by atoms with Crippen LogP contribution in [0.25, 0.3) is 80.4 Å². The SMILES string of the molecule is CN1c2c(c3cc4c5ccccc5sc4c4c5cc(-c6ccc7c(c6)oc6ccccc67)ccc5n2c34)NC2C=CC=CC21. The van der Waals surface area contributed by atoms with E-state index in [0.717, 1.165) is 21.9 Å². The van der Waals surface area contributed by atoms with Crippen LogP contribution in [0.5, 0.6) is 0 Å². The number of thiophene rings is 1. The van der Waals surface area contributed by atoms with Gasteiger partial charge in [-0.15, -0.1) is 11.3 Å². The number of rotatable bonds is 1. The molecule has 44 heavy (non-hydrogen) atoms. The highest BCUT2D eigenvalue weighted by atomic mass is 32.1. The maximum atomic E-state index is 6.28. The average molecular weight is 584 g/mol. The second kappa shape index (κ2) is 8.01. The molecule has 0 amide bonds. The number of nitrogens with zero attached hydrogens (tertiary/aromatic N) is 2. The molecule has 1 aliphatic carbocycles. The van der Waals surface area contributed by atoms with Gasteiger partial charge in [-0.1, -0.05) is 72.8 Å². The Bertz CT molecular complexity index is 2740. The van der Waals surface area contributed by atoms with E-state index >= 15 is 0 Å². The Morgan fingerprint density at radius 2 is 1.50 bits per heavy atom. The van der Waals surface area contributed by atoms with E-state index in [-0.39, 0.29) is 12.1 Å². The maximum Gasteiger partial charge on any atom is 0.138 e. The van der Waals surface area contributed by atoms with Crippen LogP contribution in [-0.4, -0.2) is 23.5 Å². The van der Waals surface area contributed by atoms with Crippen molar-refractivity contribution < 1.29 is 4.42 Å². The molecule has 9 aromatic rings. The lowest BCUT2D eigenvalue weighted by molar-refractivity contribution is 0.663. The Hall–Kier alpha value is -5.26. The predicted octanol–water partition coefficient (Wildman–Crippen LogP) is 10.3. The lowest BCUT2D eigenvalue weighted by Gasteiger charge is -2.40. The van der Waals surface area contributed by atoms with Gasteiger partial charge < -0.3 is 14.6 Å². The largest absolute Gasteiger partial charge is 0.456 e. The molecule has 2 unspecified atom stereocenters. The number of hydrogen-bond donors (Lipinski definition) is 1. The van der Waals surface area contributed by atoms with Crippen LogP contribution in [0.15, 0.2) is 120 Å². The molecule has 0 spiro atoms. The molecule has 2 aliphatic rings. The summed E-state index contributed by atoms with van der Waals surface area (Å²) in [6.07, 6.45) is 8.93. The standard InChI is InChI=1S/C39H25N3OS/c1-41-31-11-5-4-10-29(31)40-36-28-20-26-25-9-3-7-13-34(25)44-38(26)35-27-18-21(15-17-30(27)42(37(28)35)39(36)41)22-14-16-24-23-8-2-6-12-32(23)43-33(24)19-22/h2-20,29,31,40H,1H3. The second-order valence-electron chi connectivity index (χ2n) is 12.2. The number of likely N-dealkylation sites (N-methyl/N-ethyl adjacent to an activating group) is 1. The van der Waals surface area contributed by atoms with Crippen LogP contribution >= 0.6 is 11.3 Å². The summed E-state index contributed by atoms with van der Waals surface area (Å²) >= 11 is 1.91. The lowest BCUT2D eigenvalue weighted by atomic mass is 9.97. The Kier molecular flexibility index (Phi) is 4.23. The summed E-state index contributed by atoms with van der Waals surface area (Å²) in [5.41, 5.74) is 8.00. The third-order valence-electron chi connectivity index (χ3n) is 9.99. The molecular formula is C39H25N3OS. The van der Waals surface area contributed by atoms with Gasteiger partial charge in [0.2, 0.25) is 0 Å². The van der Waals surface area contributed by atoms with Gasteiger partial charge in [0.25, 0.3) is 0 Å². The first-order chi connectivity index (χ1) is 21.7. The highest BCUT2D eigenvalue weighted by Crippen LogP contribution is 2.52. The molecule has 1 aliphatic heterocycles. The topological polar surface area (TPSA) is 32.8 Å². The molecule has 0 radical (unpaired) electrons. The number of furan rings is 1. The van der Waals surface area contributed by atoms with E-state index in [1.165, 1.54) is 70.0 Å². The quantitative estimate of drug-likeness (QED) is 0.209. The number of benzene rings is 5. The van der Waals surface area contributed by atoms with E-state index in [0.29, 0.717) is 0 Å². The highest BCUT2D eigenvalue weighted by molar-refractivity contribution is 7.26. The molecule has 208 valence electrons. The fourth-order valence-corrected chi connectivity index (χ4v) is 9.24. The molecule has 5 heterocycles. The van der Waals surface area contributed by atoms with Crippen LogP contribution in [0.3, 0.4) is 0 Å². The second-order valence-corrected chi connectivity index (χ2v) is 13.3. The van der Waals surface area contributed by atoms with Crippen LogP contribution in [0.1, 0.15) is 0 Å². The van der Waals surface area contributed by atoms with Crippen LogP contribution in [0.2, 0.25) is 0 Å². The van der Waals surface area contributed by atoms with Crippen molar-refractivity contribution in [3.05, 3.63) is 115 Å². The number of fused-ring (bicyclic) bond motifs is 14. The normalized spacial score (nSPS) is 18.1. The minimum absolute atomic E-state index is 0.240. The summed E-state index contributed by atoms with van der Waals surface area (Å²) < 4.78 is 11.5. The van der Waals surface area contributed by atoms with E-state index in [2.05, 4.69) is 125 Å². The van der Waals surface area contributed by atoms with Crippen LogP contribution in [-0.2, 0) is 0 Å². The van der Waals surface area contributed by atoms with Crippen molar-refractivity contribution in [2.75, 3.05) is 17.3 Å². The third kappa shape index (κ3) is 2.79. The summed E-state index contributed by atoms with van der Waals surface area (Å²) in [4.78, 5) is 2.46. The van der Waals surface area contributed by atoms with Gasteiger partial charge in [0.1, 0.15) is 17.0 Å². The molecule has 4 aromatic heterocycles. The molecule has 5 aromatic carbocycles. The van der Waals surface area contributed by atoms with Crippen LogP contribution < -0.4 is 10.2 Å². The zero-order valence-corrected chi connectivity index (χ0v) is 24.7. The number of hydrogen-bond acceptors (Lipinski definition) is 4. The fourth-order valence-electron chi connectivity index (χ4n) is 7.99. The van der Waals surface area contributed by atoms with Crippen molar-refractivity contribution in [1.29, 1.82) is 0 Å². The van der Waals surface area contributed by atoms with Gasteiger partial charge in [0.05, 0.1) is 28.8 Å². The van der Waals surface area contributed by atoms with Crippen molar-refractivity contribution in [1.82, 2.24) is 4.40 Å². The Morgan fingerprint density at radius 3 is 2.45 bits per heavy atom. The average Bonchev–Trinajstić information content (AvgIpc) is 3.80. The summed E-state index contributed by atoms with van der Waals surface area (Å²) in [6.45, 7) is 0. The smallest absolute Gasteiger partial charge is 0.138 e. The number of aromatic nitrogens is 1. The van der Waals surface area contributed by atoms with Gasteiger partial charge >= 0.3 is 0 Å². The minimum atomic E-state index is 0.240. The molecule has 11 rings (SSSR count). The molecule has 4 nitrogen and oxygen atoms in total.